The second kappa shape index (κ2) is 9.75. The Labute approximate surface area is 142 Å². The number of alkyl carbamates (subject to hydrolysis) is 1. The maximum Gasteiger partial charge on any atom is 0.407 e. The van der Waals surface area contributed by atoms with Crippen molar-refractivity contribution in [3.8, 4) is 0 Å². The van der Waals surface area contributed by atoms with Gasteiger partial charge < -0.3 is 20.7 Å². The molecule has 1 aromatic rings. The first-order chi connectivity index (χ1) is 11.3. The lowest BCUT2D eigenvalue weighted by molar-refractivity contribution is 0.0529. The topological polar surface area (TPSA) is 74.8 Å². The van der Waals surface area contributed by atoms with Gasteiger partial charge in [-0.15, -0.1) is 0 Å². The molecule has 24 heavy (non-hydrogen) atoms. The molecule has 0 fully saturated rings. The van der Waals surface area contributed by atoms with Crippen LogP contribution in [0.2, 0.25) is 0 Å². The summed E-state index contributed by atoms with van der Waals surface area (Å²) < 4.78 is 18.0. The number of hydrogen-bond acceptors (Lipinski definition) is 3. The van der Waals surface area contributed by atoms with E-state index in [0.717, 1.165) is 12.1 Å². The van der Waals surface area contributed by atoms with Crippen LogP contribution < -0.4 is 16.0 Å². The summed E-state index contributed by atoms with van der Waals surface area (Å²) in [5, 5.41) is 8.90. The van der Waals surface area contributed by atoms with Gasteiger partial charge in [0, 0.05) is 19.6 Å². The Hall–Kier alpha value is -2.31. The van der Waals surface area contributed by atoms with Gasteiger partial charge in [0.15, 0.2) is 5.96 Å². The quantitative estimate of drug-likeness (QED) is 0.423. The fraction of sp³-hybridized carbons (Fsp3) is 0.529. The molecule has 0 spiro atoms. The third-order valence-electron chi connectivity index (χ3n) is 2.76. The second-order valence-electron chi connectivity index (χ2n) is 6.18. The highest BCUT2D eigenvalue weighted by Crippen LogP contribution is 2.06. The summed E-state index contributed by atoms with van der Waals surface area (Å²) in [4.78, 5) is 15.9. The van der Waals surface area contributed by atoms with Crippen molar-refractivity contribution in [2.24, 2.45) is 4.99 Å². The number of nitrogens with one attached hydrogen (secondary N) is 3. The molecule has 0 heterocycles. The molecule has 0 aromatic heterocycles. The minimum atomic E-state index is -0.511. The number of carbonyl (C=O) groups excluding carboxylic acids is 1. The van der Waals surface area contributed by atoms with Crippen LogP contribution in [0.1, 0.15) is 33.3 Å². The van der Waals surface area contributed by atoms with Crippen LogP contribution in [0, 0.1) is 5.82 Å². The third kappa shape index (κ3) is 8.97. The van der Waals surface area contributed by atoms with Crippen molar-refractivity contribution in [3.05, 3.63) is 35.6 Å². The van der Waals surface area contributed by atoms with Crippen LogP contribution in [-0.4, -0.2) is 37.3 Å². The van der Waals surface area contributed by atoms with E-state index in [-0.39, 0.29) is 5.82 Å². The van der Waals surface area contributed by atoms with Crippen LogP contribution in [0.3, 0.4) is 0 Å². The number of guanidine groups is 1. The molecule has 1 rings (SSSR count). The maximum atomic E-state index is 12.9. The standard InChI is InChI=1S/C17H27FN4O2/c1-5-19-15(22-12-13-6-8-14(18)9-7-13)20-10-11-21-16(23)24-17(2,3)4/h6-9H,5,10-12H2,1-4H3,(H,21,23)(H2,19,20,22). The highest BCUT2D eigenvalue weighted by Gasteiger charge is 2.15. The molecule has 0 saturated heterocycles. The minimum absolute atomic E-state index is 0.263. The van der Waals surface area contributed by atoms with Gasteiger partial charge in [-0.05, 0) is 45.4 Å². The van der Waals surface area contributed by atoms with Crippen molar-refractivity contribution in [3.63, 3.8) is 0 Å². The highest BCUT2D eigenvalue weighted by molar-refractivity contribution is 5.79. The first-order valence-corrected chi connectivity index (χ1v) is 8.03. The molecule has 0 bridgehead atoms. The number of carbonyl (C=O) groups is 1. The first kappa shape index (κ1) is 19.7. The summed E-state index contributed by atoms with van der Waals surface area (Å²) >= 11 is 0. The Morgan fingerprint density at radius 1 is 1.12 bits per heavy atom. The van der Waals surface area contributed by atoms with Crippen molar-refractivity contribution < 1.29 is 13.9 Å². The van der Waals surface area contributed by atoms with Crippen LogP contribution in [0.5, 0.6) is 0 Å². The van der Waals surface area contributed by atoms with Crippen LogP contribution >= 0.6 is 0 Å². The molecule has 1 amide bonds. The largest absolute Gasteiger partial charge is 0.444 e. The van der Waals surface area contributed by atoms with Gasteiger partial charge in [0.1, 0.15) is 11.4 Å². The molecule has 0 saturated carbocycles. The zero-order chi connectivity index (χ0) is 18.0. The van der Waals surface area contributed by atoms with Crippen molar-refractivity contribution in [2.75, 3.05) is 19.6 Å². The van der Waals surface area contributed by atoms with Crippen molar-refractivity contribution in [2.45, 2.75) is 39.8 Å². The third-order valence-corrected chi connectivity index (χ3v) is 2.76. The van der Waals surface area contributed by atoms with Gasteiger partial charge in [0.05, 0.1) is 6.54 Å². The van der Waals surface area contributed by atoms with E-state index in [9.17, 15) is 9.18 Å². The summed E-state index contributed by atoms with van der Waals surface area (Å²) in [6.45, 7) is 9.49. The molecule has 3 N–H and O–H groups in total. The minimum Gasteiger partial charge on any atom is -0.444 e. The lowest BCUT2D eigenvalue weighted by Gasteiger charge is -2.19. The smallest absolute Gasteiger partial charge is 0.407 e. The second-order valence-corrected chi connectivity index (χ2v) is 6.18. The fourth-order valence-electron chi connectivity index (χ4n) is 1.76. The number of hydrogen-bond donors (Lipinski definition) is 3. The first-order valence-electron chi connectivity index (χ1n) is 8.03. The summed E-state index contributed by atoms with van der Waals surface area (Å²) in [7, 11) is 0. The van der Waals surface area contributed by atoms with Crippen LogP contribution in [-0.2, 0) is 11.3 Å². The Morgan fingerprint density at radius 3 is 2.33 bits per heavy atom. The van der Waals surface area contributed by atoms with Gasteiger partial charge in [0.2, 0.25) is 0 Å². The predicted octanol–water partition coefficient (Wildman–Crippen LogP) is 2.41. The number of benzene rings is 1. The highest BCUT2D eigenvalue weighted by atomic mass is 19.1. The van der Waals surface area contributed by atoms with Gasteiger partial charge in [0.25, 0.3) is 0 Å². The molecule has 0 unspecified atom stereocenters. The zero-order valence-electron chi connectivity index (χ0n) is 14.8. The Morgan fingerprint density at radius 2 is 1.75 bits per heavy atom. The SMILES string of the molecule is CCNC(=NCc1ccc(F)cc1)NCCNC(=O)OC(C)(C)C. The van der Waals surface area contributed by atoms with Gasteiger partial charge >= 0.3 is 6.09 Å². The molecule has 1 aromatic carbocycles. The van der Waals surface area contributed by atoms with Crippen LogP contribution in [0.15, 0.2) is 29.3 Å². The summed E-state index contributed by atoms with van der Waals surface area (Å²) in [5.41, 5.74) is 0.406. The lowest BCUT2D eigenvalue weighted by Crippen LogP contribution is -2.42. The number of halogens is 1. The summed E-state index contributed by atoms with van der Waals surface area (Å²) in [6, 6.07) is 6.23. The molecular formula is C17H27FN4O2. The van der Waals surface area contributed by atoms with Crippen molar-refractivity contribution in [1.82, 2.24) is 16.0 Å². The maximum absolute atomic E-state index is 12.9. The molecule has 6 nitrogen and oxygen atoms in total. The number of nitrogens with zero attached hydrogens (tertiary/aromatic N) is 1. The molecular weight excluding hydrogens is 311 g/mol. The van der Waals surface area contributed by atoms with E-state index < -0.39 is 11.7 Å². The lowest BCUT2D eigenvalue weighted by atomic mass is 10.2. The van der Waals surface area contributed by atoms with Gasteiger partial charge in [-0.25, -0.2) is 14.2 Å². The van der Waals surface area contributed by atoms with Crippen molar-refractivity contribution in [1.29, 1.82) is 0 Å². The number of aliphatic imine (C=N–C) groups is 1. The zero-order valence-corrected chi connectivity index (χ0v) is 14.8. The molecule has 0 aliphatic rings. The molecule has 0 radical (unpaired) electrons. The number of amides is 1. The van der Waals surface area contributed by atoms with Gasteiger partial charge in [-0.2, -0.15) is 0 Å². The van der Waals surface area contributed by atoms with E-state index >= 15 is 0 Å². The van der Waals surface area contributed by atoms with E-state index in [0.29, 0.717) is 25.6 Å². The predicted molar refractivity (Wildman–Crippen MR) is 93.5 cm³/mol. The summed E-state index contributed by atoms with van der Waals surface area (Å²) in [5.74, 6) is 0.369. The molecule has 0 aliphatic heterocycles. The van der Waals surface area contributed by atoms with Crippen molar-refractivity contribution >= 4 is 12.1 Å². The monoisotopic (exact) mass is 338 g/mol. The van der Waals surface area contributed by atoms with E-state index in [1.54, 1.807) is 12.1 Å². The van der Waals surface area contributed by atoms with Crippen LogP contribution in [0.25, 0.3) is 0 Å². The number of ether oxygens (including phenoxy) is 1. The summed E-state index contributed by atoms with van der Waals surface area (Å²) in [6.07, 6.45) is -0.447. The average molecular weight is 338 g/mol. The van der Waals surface area contributed by atoms with E-state index in [4.69, 9.17) is 4.74 Å². The van der Waals surface area contributed by atoms with Crippen LogP contribution in [0.4, 0.5) is 9.18 Å². The van der Waals surface area contributed by atoms with E-state index in [1.807, 2.05) is 27.7 Å². The Balaban J connectivity index is 2.38. The normalized spacial score (nSPS) is 11.8. The average Bonchev–Trinajstić information content (AvgIpc) is 2.49. The van der Waals surface area contributed by atoms with Gasteiger partial charge in [-0.1, -0.05) is 12.1 Å². The fourth-order valence-corrected chi connectivity index (χ4v) is 1.76. The molecule has 0 atom stereocenters. The van der Waals surface area contributed by atoms with E-state index in [2.05, 4.69) is 20.9 Å². The molecule has 0 aliphatic carbocycles. The molecule has 134 valence electrons. The van der Waals surface area contributed by atoms with E-state index in [1.165, 1.54) is 12.1 Å². The Bertz CT molecular complexity index is 539. The molecule has 7 heteroatoms. The Kier molecular flexibility index (Phi) is 8.01. The van der Waals surface area contributed by atoms with Gasteiger partial charge in [-0.3, -0.25) is 0 Å². The number of rotatable bonds is 6.